The normalized spacial score (nSPS) is 24.4. The van der Waals surface area contributed by atoms with E-state index in [-0.39, 0.29) is 60.8 Å². The monoisotopic (exact) mass is 790 g/mol. The van der Waals surface area contributed by atoms with Crippen molar-refractivity contribution in [2.45, 2.75) is 69.5 Å². The van der Waals surface area contributed by atoms with Crippen molar-refractivity contribution in [3.05, 3.63) is 72.1 Å². The van der Waals surface area contributed by atoms with Gasteiger partial charge in [-0.1, -0.05) is 0 Å². The second kappa shape index (κ2) is 13.6. The molecule has 0 saturated carbocycles. The van der Waals surface area contributed by atoms with Crippen LogP contribution < -0.4 is 14.5 Å². The van der Waals surface area contributed by atoms with Gasteiger partial charge in [-0.15, -0.1) is 0 Å². The Morgan fingerprint density at radius 2 is 1.78 bits per heavy atom. The third kappa shape index (κ3) is 5.86. The van der Waals surface area contributed by atoms with Gasteiger partial charge in [0, 0.05) is 63.1 Å². The van der Waals surface area contributed by atoms with Crippen LogP contribution in [0.25, 0.3) is 39.0 Å². The molecule has 3 saturated heterocycles. The number of ether oxygens (including phenoxy) is 2. The number of nitriles is 1. The molecule has 0 aliphatic carbocycles. The topological polar surface area (TPSA) is 156 Å². The number of rotatable bonds is 4. The Kier molecular flexibility index (Phi) is 8.48. The molecule has 58 heavy (non-hydrogen) atoms. The fraction of sp³-hybridized carbons (Fsp3) is 0.400. The standard InChI is InChI=1S/C40H37F3N12O3/c1-20-47-32-12-23(42)10-28-31-6-7-45-40(48-31)58-26-14-34(38(56)51(2)17-27(57-3)19-52(20)35(28)32)53(18-26)36-29-16-46-55(33-5-4-22(41)11-30(33)43)37(29)50-39(49-36)54-24-8-21(15-44)9-25(54)13-24/h4-7,10-12,16,21,24-27,34H,8-9,13-14,17-19H2,1-3H3/t21?,24-,25+,26?,27-,34-/m0/s1. The Hall–Kier alpha value is -6.35. The second-order valence-electron chi connectivity index (χ2n) is 15.5. The molecule has 6 aromatic rings. The smallest absolute Gasteiger partial charge is 0.317 e. The van der Waals surface area contributed by atoms with E-state index < -0.39 is 35.7 Å². The van der Waals surface area contributed by atoms with E-state index in [4.69, 9.17) is 24.4 Å². The number of fused-ring (bicyclic) bond motifs is 8. The number of carbonyl (C=O) groups is 1. The largest absolute Gasteiger partial charge is 0.458 e. The predicted molar refractivity (Wildman–Crippen MR) is 204 cm³/mol. The zero-order valence-electron chi connectivity index (χ0n) is 31.8. The highest BCUT2D eigenvalue weighted by Gasteiger charge is 2.48. The number of halogens is 3. The number of aromatic nitrogens is 8. The summed E-state index contributed by atoms with van der Waals surface area (Å²) in [6, 6.07) is 9.42. The minimum absolute atomic E-state index is 0.00808. The number of methoxy groups -OCH3 is 1. The van der Waals surface area contributed by atoms with Crippen molar-refractivity contribution in [3.8, 4) is 29.0 Å². The van der Waals surface area contributed by atoms with Crippen LogP contribution in [0.15, 0.2) is 48.8 Å². The summed E-state index contributed by atoms with van der Waals surface area (Å²) in [6.45, 7) is 2.52. The first kappa shape index (κ1) is 36.0. The summed E-state index contributed by atoms with van der Waals surface area (Å²) in [4.78, 5) is 44.2. The lowest BCUT2D eigenvalue weighted by molar-refractivity contribution is -0.133. The van der Waals surface area contributed by atoms with Gasteiger partial charge in [-0.25, -0.2) is 27.8 Å². The number of hydrogen-bond donors (Lipinski definition) is 0. The summed E-state index contributed by atoms with van der Waals surface area (Å²) in [5.41, 5.74) is 2.32. The van der Waals surface area contributed by atoms with Gasteiger partial charge in [-0.3, -0.25) is 4.79 Å². The Morgan fingerprint density at radius 3 is 2.55 bits per heavy atom. The Balaban J connectivity index is 1.10. The number of amides is 1. The SMILES string of the molecule is CO[C@H]1CN(C)C(=O)[C@@H]2CC(CN2c2nc(N3[C@@H]4CC(C#N)C[C@H]3C4)nc3c2cnn3-c2ccc(F)cc2F)Oc2nccc(n2)-c2cc(F)cc3nc(C)n(c23)C1. The average Bonchev–Trinajstić information content (AvgIpc) is 3.91. The van der Waals surface area contributed by atoms with Crippen LogP contribution in [0.3, 0.4) is 0 Å². The lowest BCUT2D eigenvalue weighted by Crippen LogP contribution is -2.61. The summed E-state index contributed by atoms with van der Waals surface area (Å²) in [5.74, 6) is -0.955. The highest BCUT2D eigenvalue weighted by atomic mass is 19.1. The van der Waals surface area contributed by atoms with Crippen molar-refractivity contribution in [1.82, 2.24) is 44.2 Å². The molecule has 0 radical (unpaired) electrons. The van der Waals surface area contributed by atoms with Gasteiger partial charge < -0.3 is 28.7 Å². The summed E-state index contributed by atoms with van der Waals surface area (Å²) >= 11 is 0. The van der Waals surface area contributed by atoms with E-state index in [9.17, 15) is 14.4 Å². The van der Waals surface area contributed by atoms with Gasteiger partial charge in [0.15, 0.2) is 11.5 Å². The molecule has 2 aromatic carbocycles. The van der Waals surface area contributed by atoms with E-state index in [1.54, 1.807) is 31.3 Å². The van der Waals surface area contributed by atoms with Crippen molar-refractivity contribution < 1.29 is 27.4 Å². The number of hydrogen-bond acceptors (Lipinski definition) is 12. The first-order valence-corrected chi connectivity index (χ1v) is 19.2. The molecule has 0 N–H and O–H groups in total. The van der Waals surface area contributed by atoms with Gasteiger partial charge in [0.25, 0.3) is 0 Å². The Bertz CT molecular complexity index is 2670. The number of aryl methyl sites for hydroxylation is 1. The molecule has 0 spiro atoms. The van der Waals surface area contributed by atoms with E-state index in [2.05, 4.69) is 26.0 Å². The molecule has 6 atom stereocenters. The molecule has 18 heteroatoms. The van der Waals surface area contributed by atoms with Crippen molar-refractivity contribution in [3.63, 3.8) is 0 Å². The zero-order chi connectivity index (χ0) is 40.0. The first-order valence-electron chi connectivity index (χ1n) is 19.2. The molecule has 3 fully saturated rings. The molecule has 2 unspecified atom stereocenters. The van der Waals surface area contributed by atoms with Gasteiger partial charge in [-0.05, 0) is 50.5 Å². The molecule has 296 valence electrons. The molecule has 1 amide bonds. The van der Waals surface area contributed by atoms with E-state index in [0.29, 0.717) is 64.7 Å². The maximum absolute atomic E-state index is 15.3. The first-order chi connectivity index (χ1) is 28.1. The van der Waals surface area contributed by atoms with Crippen LogP contribution in [0, 0.1) is 41.6 Å². The molecule has 8 heterocycles. The highest BCUT2D eigenvalue weighted by molar-refractivity contribution is 5.94. The number of benzene rings is 2. The zero-order valence-corrected chi connectivity index (χ0v) is 31.8. The minimum Gasteiger partial charge on any atom is -0.458 e. The number of likely N-dealkylation sites (N-methyl/N-ethyl adjacent to an activating group) is 1. The van der Waals surface area contributed by atoms with Crippen LogP contribution >= 0.6 is 0 Å². The number of anilines is 2. The highest BCUT2D eigenvalue weighted by Crippen LogP contribution is 2.45. The number of imidazole rings is 1. The van der Waals surface area contributed by atoms with Gasteiger partial charge >= 0.3 is 6.01 Å². The third-order valence-corrected chi connectivity index (χ3v) is 12.0. The maximum atomic E-state index is 15.3. The molecular weight excluding hydrogens is 754 g/mol. The predicted octanol–water partition coefficient (Wildman–Crippen LogP) is 4.74. The number of carbonyl (C=O) groups excluding carboxylic acids is 1. The van der Waals surface area contributed by atoms with Crippen molar-refractivity contribution in [1.29, 1.82) is 5.26 Å². The summed E-state index contributed by atoms with van der Waals surface area (Å²) in [6.07, 6.45) is 4.38. The fourth-order valence-electron chi connectivity index (χ4n) is 9.23. The quantitative estimate of drug-likeness (QED) is 0.242. The molecule has 4 aliphatic rings. The lowest BCUT2D eigenvalue weighted by atomic mass is 9.74. The fourth-order valence-corrected chi connectivity index (χ4v) is 9.23. The lowest BCUT2D eigenvalue weighted by Gasteiger charge is -2.54. The van der Waals surface area contributed by atoms with Crippen LogP contribution in [0.5, 0.6) is 6.01 Å². The summed E-state index contributed by atoms with van der Waals surface area (Å²) in [5, 5.41) is 14.7. The third-order valence-electron chi connectivity index (χ3n) is 12.0. The van der Waals surface area contributed by atoms with E-state index in [1.807, 2.05) is 16.4 Å². The van der Waals surface area contributed by atoms with Crippen LogP contribution in [0.1, 0.15) is 31.5 Å². The van der Waals surface area contributed by atoms with Crippen LogP contribution in [-0.4, -0.2) is 108 Å². The minimum atomic E-state index is -0.825. The van der Waals surface area contributed by atoms with E-state index in [1.165, 1.54) is 29.1 Å². The van der Waals surface area contributed by atoms with E-state index in [0.717, 1.165) is 18.6 Å². The van der Waals surface area contributed by atoms with E-state index >= 15 is 8.78 Å². The summed E-state index contributed by atoms with van der Waals surface area (Å²) in [7, 11) is 3.30. The number of piperidine rings is 1. The molecular formula is C40H37F3N12O3. The molecule has 10 rings (SSSR count). The number of nitrogens with zero attached hydrogens (tertiary/aromatic N) is 12. The van der Waals surface area contributed by atoms with Crippen LogP contribution in [0.2, 0.25) is 0 Å². The van der Waals surface area contributed by atoms with Crippen LogP contribution in [-0.2, 0) is 16.1 Å². The van der Waals surface area contributed by atoms with Gasteiger partial charge in [0.05, 0.1) is 59.5 Å². The Labute approximate surface area is 329 Å². The summed E-state index contributed by atoms with van der Waals surface area (Å²) < 4.78 is 60.2. The molecule has 4 aromatic heterocycles. The average molecular weight is 791 g/mol. The molecule has 6 bridgehead atoms. The van der Waals surface area contributed by atoms with Crippen molar-refractivity contribution >= 4 is 39.7 Å². The second-order valence-corrected chi connectivity index (χ2v) is 15.5. The van der Waals surface area contributed by atoms with Gasteiger partial charge in [-0.2, -0.15) is 25.3 Å². The molecule has 4 aliphatic heterocycles. The van der Waals surface area contributed by atoms with Crippen molar-refractivity contribution in [2.75, 3.05) is 37.0 Å². The van der Waals surface area contributed by atoms with Crippen molar-refractivity contribution in [2.24, 2.45) is 5.92 Å². The van der Waals surface area contributed by atoms with Gasteiger partial charge in [0.2, 0.25) is 11.9 Å². The maximum Gasteiger partial charge on any atom is 0.317 e. The molecule has 15 nitrogen and oxygen atoms in total. The van der Waals surface area contributed by atoms with Gasteiger partial charge in [0.1, 0.15) is 41.1 Å². The van der Waals surface area contributed by atoms with Crippen LogP contribution in [0.4, 0.5) is 24.9 Å². The Morgan fingerprint density at radius 1 is 0.948 bits per heavy atom.